The summed E-state index contributed by atoms with van der Waals surface area (Å²) in [6.07, 6.45) is 4.95. The van der Waals surface area contributed by atoms with Crippen molar-refractivity contribution in [2.75, 3.05) is 0 Å². The maximum atomic E-state index is 12.1. The molecule has 2 aromatic rings. The Morgan fingerprint density at radius 3 is 2.68 bits per heavy atom. The molecule has 0 N–H and O–H groups in total. The van der Waals surface area contributed by atoms with Gasteiger partial charge < -0.3 is 4.74 Å². The minimum atomic E-state index is -0.646. The quantitative estimate of drug-likeness (QED) is 0.468. The number of ether oxygens (including phenoxy) is 1. The Kier molecular flexibility index (Phi) is 6.81. The molecule has 0 aliphatic heterocycles. The van der Waals surface area contributed by atoms with Gasteiger partial charge in [0, 0.05) is 33.7 Å². The molecule has 1 saturated carbocycles. The normalized spacial score (nSPS) is 17.3. The van der Waals surface area contributed by atoms with Crippen LogP contribution in [0.1, 0.15) is 42.5 Å². The molecule has 1 atom stereocenters. The fourth-order valence-electron chi connectivity index (χ4n) is 3.10. The zero-order valence-corrected chi connectivity index (χ0v) is 17.5. The third-order valence-corrected chi connectivity index (χ3v) is 5.73. The van der Waals surface area contributed by atoms with Gasteiger partial charge in [0.2, 0.25) is 0 Å². The minimum absolute atomic E-state index is 0.0216. The second kappa shape index (κ2) is 9.12. The molecule has 0 saturated heterocycles. The van der Waals surface area contributed by atoms with E-state index < -0.39 is 12.1 Å². The van der Waals surface area contributed by atoms with Gasteiger partial charge in [-0.3, -0.25) is 4.79 Å². The third kappa shape index (κ3) is 4.77. The molecule has 3 rings (SSSR count). The summed E-state index contributed by atoms with van der Waals surface area (Å²) in [7, 11) is 0. The molecule has 1 fully saturated rings. The van der Waals surface area contributed by atoms with Gasteiger partial charge in [-0.05, 0) is 44.4 Å². The standard InChI is InChI=1S/C20H19Cl3N2O3/c1-12-13(9-10-19(27)28-18-8-3-2-7-17(18)26)20(23)25(24-12)11-14-15(21)5-4-6-16(14)22/h4-6,9-10,18H,2-3,7-8,11H2,1H3. The molecule has 1 aromatic carbocycles. The number of hydrogen-bond acceptors (Lipinski definition) is 4. The number of aryl methyl sites for hydroxylation is 1. The van der Waals surface area contributed by atoms with Crippen molar-refractivity contribution < 1.29 is 14.3 Å². The second-order valence-corrected chi connectivity index (χ2v) is 7.79. The van der Waals surface area contributed by atoms with E-state index in [1.165, 1.54) is 6.08 Å². The lowest BCUT2D eigenvalue weighted by molar-refractivity contribution is -0.152. The summed E-state index contributed by atoms with van der Waals surface area (Å²) in [5.74, 6) is -0.593. The van der Waals surface area contributed by atoms with Crippen LogP contribution < -0.4 is 0 Å². The molecule has 8 heteroatoms. The zero-order valence-electron chi connectivity index (χ0n) is 15.3. The SMILES string of the molecule is Cc1nn(Cc2c(Cl)cccc2Cl)c(Cl)c1C=CC(=O)OC1CCCCC1=O. The highest BCUT2D eigenvalue weighted by molar-refractivity contribution is 6.36. The number of rotatable bonds is 5. The van der Waals surface area contributed by atoms with E-state index in [1.807, 2.05) is 0 Å². The van der Waals surface area contributed by atoms with Crippen molar-refractivity contribution in [2.24, 2.45) is 0 Å². The van der Waals surface area contributed by atoms with Gasteiger partial charge in [-0.2, -0.15) is 5.10 Å². The maximum absolute atomic E-state index is 12.1. The fourth-order valence-corrected chi connectivity index (χ4v) is 3.92. The van der Waals surface area contributed by atoms with Crippen molar-refractivity contribution in [1.82, 2.24) is 9.78 Å². The molecule has 1 aliphatic carbocycles. The first-order valence-electron chi connectivity index (χ1n) is 8.94. The van der Waals surface area contributed by atoms with Crippen LogP contribution in [0.25, 0.3) is 6.08 Å². The van der Waals surface area contributed by atoms with Gasteiger partial charge in [0.15, 0.2) is 11.9 Å². The number of carbonyl (C=O) groups is 2. The predicted molar refractivity (Wildman–Crippen MR) is 110 cm³/mol. The highest BCUT2D eigenvalue weighted by Crippen LogP contribution is 2.28. The van der Waals surface area contributed by atoms with Crippen LogP contribution in [0.3, 0.4) is 0 Å². The van der Waals surface area contributed by atoms with E-state index >= 15 is 0 Å². The Hall–Kier alpha value is -1.82. The van der Waals surface area contributed by atoms with Crippen molar-refractivity contribution in [3.05, 3.63) is 56.3 Å². The molecule has 1 aromatic heterocycles. The number of ketones is 1. The molecular weight excluding hydrogens is 423 g/mol. The summed E-state index contributed by atoms with van der Waals surface area (Å²) in [5, 5.41) is 5.80. The molecule has 0 spiro atoms. The first kappa shape index (κ1) is 20.9. The van der Waals surface area contributed by atoms with Crippen LogP contribution in [0, 0.1) is 6.92 Å². The number of hydrogen-bond donors (Lipinski definition) is 0. The van der Waals surface area contributed by atoms with Crippen molar-refractivity contribution >= 4 is 52.6 Å². The summed E-state index contributed by atoms with van der Waals surface area (Å²) in [5.41, 5.74) is 1.95. The van der Waals surface area contributed by atoms with Crippen LogP contribution in [-0.4, -0.2) is 27.6 Å². The average molecular weight is 442 g/mol. The monoisotopic (exact) mass is 440 g/mol. The molecular formula is C20H19Cl3N2O3. The smallest absolute Gasteiger partial charge is 0.331 e. The summed E-state index contributed by atoms with van der Waals surface area (Å²) in [6, 6.07) is 5.26. The Morgan fingerprint density at radius 2 is 2.00 bits per heavy atom. The van der Waals surface area contributed by atoms with E-state index in [0.717, 1.165) is 12.8 Å². The van der Waals surface area contributed by atoms with Gasteiger partial charge in [-0.25, -0.2) is 9.48 Å². The van der Waals surface area contributed by atoms with Crippen LogP contribution in [0.2, 0.25) is 15.2 Å². The lowest BCUT2D eigenvalue weighted by atomic mass is 9.96. The Labute approximate surface area is 178 Å². The molecule has 1 aliphatic rings. The lowest BCUT2D eigenvalue weighted by Crippen LogP contribution is -2.29. The largest absolute Gasteiger partial charge is 0.451 e. The van der Waals surface area contributed by atoms with E-state index in [4.69, 9.17) is 39.5 Å². The average Bonchev–Trinajstić information content (AvgIpc) is 2.92. The predicted octanol–water partition coefficient (Wildman–Crippen LogP) is 5.27. The van der Waals surface area contributed by atoms with Crippen molar-refractivity contribution in [3.63, 3.8) is 0 Å². The van der Waals surface area contributed by atoms with Gasteiger partial charge >= 0.3 is 5.97 Å². The van der Waals surface area contributed by atoms with Gasteiger partial charge in [0.05, 0.1) is 12.2 Å². The number of aromatic nitrogens is 2. The minimum Gasteiger partial charge on any atom is -0.451 e. The molecule has 148 valence electrons. The lowest BCUT2D eigenvalue weighted by Gasteiger charge is -2.19. The zero-order chi connectivity index (χ0) is 20.3. The molecule has 1 unspecified atom stereocenters. The maximum Gasteiger partial charge on any atom is 0.331 e. The molecule has 0 bridgehead atoms. The van der Waals surface area contributed by atoms with Crippen molar-refractivity contribution in [2.45, 2.75) is 45.3 Å². The van der Waals surface area contributed by atoms with Gasteiger partial charge in [-0.1, -0.05) is 40.9 Å². The summed E-state index contributed by atoms with van der Waals surface area (Å²) in [6.45, 7) is 2.08. The number of halogens is 3. The van der Waals surface area contributed by atoms with Crippen molar-refractivity contribution in [3.8, 4) is 0 Å². The first-order valence-corrected chi connectivity index (χ1v) is 10.1. The topological polar surface area (TPSA) is 61.2 Å². The van der Waals surface area contributed by atoms with E-state index in [2.05, 4.69) is 5.10 Å². The van der Waals surface area contributed by atoms with Crippen LogP contribution in [0.5, 0.6) is 0 Å². The summed E-state index contributed by atoms with van der Waals surface area (Å²) < 4.78 is 6.83. The Bertz CT molecular complexity index is 917. The highest BCUT2D eigenvalue weighted by atomic mass is 35.5. The van der Waals surface area contributed by atoms with E-state index in [9.17, 15) is 9.59 Å². The number of benzene rings is 1. The van der Waals surface area contributed by atoms with Gasteiger partial charge in [0.25, 0.3) is 0 Å². The second-order valence-electron chi connectivity index (χ2n) is 6.62. The summed E-state index contributed by atoms with van der Waals surface area (Å²) >= 11 is 18.9. The number of carbonyl (C=O) groups excluding carboxylic acids is 2. The third-order valence-electron chi connectivity index (χ3n) is 4.62. The van der Waals surface area contributed by atoms with Crippen LogP contribution in [0.4, 0.5) is 0 Å². The highest BCUT2D eigenvalue weighted by Gasteiger charge is 2.25. The number of esters is 1. The fraction of sp³-hybridized carbons (Fsp3) is 0.350. The molecule has 1 heterocycles. The number of nitrogens with zero attached hydrogens (tertiary/aromatic N) is 2. The van der Waals surface area contributed by atoms with E-state index in [0.29, 0.717) is 51.4 Å². The Morgan fingerprint density at radius 1 is 1.29 bits per heavy atom. The van der Waals surface area contributed by atoms with Gasteiger partial charge in [0.1, 0.15) is 5.15 Å². The first-order chi connectivity index (χ1) is 13.4. The molecule has 0 radical (unpaired) electrons. The van der Waals surface area contributed by atoms with Crippen LogP contribution >= 0.6 is 34.8 Å². The Balaban J connectivity index is 1.73. The number of Topliss-reactive ketones (excluding diaryl/α,β-unsaturated/α-hetero) is 1. The van der Waals surface area contributed by atoms with Gasteiger partial charge in [-0.15, -0.1) is 0 Å². The molecule has 28 heavy (non-hydrogen) atoms. The van der Waals surface area contributed by atoms with Crippen LogP contribution in [-0.2, 0) is 20.9 Å². The van der Waals surface area contributed by atoms with E-state index in [1.54, 1.807) is 35.9 Å². The van der Waals surface area contributed by atoms with Crippen LogP contribution in [0.15, 0.2) is 24.3 Å². The molecule has 0 amide bonds. The van der Waals surface area contributed by atoms with Crippen molar-refractivity contribution in [1.29, 1.82) is 0 Å². The van der Waals surface area contributed by atoms with E-state index in [-0.39, 0.29) is 5.78 Å². The molecule has 5 nitrogen and oxygen atoms in total. The summed E-state index contributed by atoms with van der Waals surface area (Å²) in [4.78, 5) is 23.9.